The normalized spacial score (nSPS) is 10.7. The first-order chi connectivity index (χ1) is 8.65. The fraction of sp³-hybridized carbons (Fsp3) is 0. The first kappa shape index (κ1) is 11.9. The van der Waals surface area contributed by atoms with Crippen LogP contribution < -0.4 is 0 Å². The molecule has 2 aromatic rings. The van der Waals surface area contributed by atoms with Gasteiger partial charge in [-0.1, -0.05) is 24.3 Å². The number of nitro benzene ring substituents is 1. The summed E-state index contributed by atoms with van der Waals surface area (Å²) >= 11 is 0. The Morgan fingerprint density at radius 3 is 1.78 bits per heavy atom. The van der Waals surface area contributed by atoms with Crippen molar-refractivity contribution < 1.29 is 10.0 Å². The monoisotopic (exact) mass is 241 g/mol. The number of phenols is 1. The molecule has 0 aliphatic heterocycles. The molecule has 0 atom stereocenters. The van der Waals surface area contributed by atoms with Gasteiger partial charge in [0.1, 0.15) is 5.75 Å². The maximum absolute atomic E-state index is 10.5. The fourth-order valence-corrected chi connectivity index (χ4v) is 1.49. The largest absolute Gasteiger partial charge is 0.508 e. The molecule has 0 fully saturated rings. The summed E-state index contributed by atoms with van der Waals surface area (Å²) in [6, 6.07) is 13.1. The Balaban J connectivity index is 2.13. The number of nitrogens with zero attached hydrogens (tertiary/aromatic N) is 1. The van der Waals surface area contributed by atoms with Crippen LogP contribution in [0, 0.1) is 10.1 Å². The van der Waals surface area contributed by atoms with E-state index in [1.807, 2.05) is 12.2 Å². The van der Waals surface area contributed by atoms with Crippen LogP contribution in [0.5, 0.6) is 5.75 Å². The molecule has 4 nitrogen and oxygen atoms in total. The SMILES string of the molecule is O=[N+]([O-])c1ccc(/C=C/c2ccc(O)cc2)cc1. The van der Waals surface area contributed by atoms with Crippen LogP contribution in [0.25, 0.3) is 12.2 Å². The van der Waals surface area contributed by atoms with Crippen molar-refractivity contribution in [2.24, 2.45) is 0 Å². The molecule has 18 heavy (non-hydrogen) atoms. The zero-order valence-corrected chi connectivity index (χ0v) is 9.48. The van der Waals surface area contributed by atoms with Crippen LogP contribution in [0.15, 0.2) is 48.5 Å². The molecular weight excluding hydrogens is 230 g/mol. The predicted octanol–water partition coefficient (Wildman–Crippen LogP) is 3.47. The van der Waals surface area contributed by atoms with Gasteiger partial charge >= 0.3 is 0 Å². The van der Waals surface area contributed by atoms with E-state index in [2.05, 4.69) is 0 Å². The molecule has 0 aliphatic carbocycles. The summed E-state index contributed by atoms with van der Waals surface area (Å²) in [7, 11) is 0. The lowest BCUT2D eigenvalue weighted by molar-refractivity contribution is -0.384. The number of aromatic hydroxyl groups is 1. The Morgan fingerprint density at radius 2 is 1.33 bits per heavy atom. The molecule has 90 valence electrons. The second-order valence-electron chi connectivity index (χ2n) is 3.77. The minimum atomic E-state index is -0.423. The van der Waals surface area contributed by atoms with Crippen LogP contribution in [-0.4, -0.2) is 10.0 Å². The molecule has 2 aromatic carbocycles. The van der Waals surface area contributed by atoms with Crippen LogP contribution in [-0.2, 0) is 0 Å². The van der Waals surface area contributed by atoms with Gasteiger partial charge < -0.3 is 5.11 Å². The van der Waals surface area contributed by atoms with Crippen LogP contribution in [0.1, 0.15) is 11.1 Å². The number of hydrogen-bond donors (Lipinski definition) is 1. The topological polar surface area (TPSA) is 63.4 Å². The first-order valence-electron chi connectivity index (χ1n) is 5.37. The molecule has 0 bridgehead atoms. The summed E-state index contributed by atoms with van der Waals surface area (Å²) < 4.78 is 0. The number of rotatable bonds is 3. The van der Waals surface area contributed by atoms with Crippen molar-refractivity contribution in [3.05, 3.63) is 69.8 Å². The summed E-state index contributed by atoms with van der Waals surface area (Å²) in [5, 5.41) is 19.6. The highest BCUT2D eigenvalue weighted by Crippen LogP contribution is 2.15. The molecule has 4 heteroatoms. The number of hydrogen-bond acceptors (Lipinski definition) is 3. The molecule has 0 aliphatic rings. The van der Waals surface area contributed by atoms with E-state index in [1.54, 1.807) is 36.4 Å². The Kier molecular flexibility index (Phi) is 3.38. The lowest BCUT2D eigenvalue weighted by Gasteiger charge is -1.95. The average molecular weight is 241 g/mol. The molecule has 0 unspecified atom stereocenters. The molecule has 0 heterocycles. The Labute approximate surface area is 104 Å². The van der Waals surface area contributed by atoms with Gasteiger partial charge in [-0.2, -0.15) is 0 Å². The summed E-state index contributed by atoms with van der Waals surface area (Å²) in [6.07, 6.45) is 3.73. The van der Waals surface area contributed by atoms with Gasteiger partial charge in [-0.25, -0.2) is 0 Å². The van der Waals surface area contributed by atoms with Crippen LogP contribution in [0.4, 0.5) is 5.69 Å². The van der Waals surface area contributed by atoms with Gasteiger partial charge in [0.05, 0.1) is 4.92 Å². The summed E-state index contributed by atoms with van der Waals surface area (Å²) in [4.78, 5) is 10.1. The smallest absolute Gasteiger partial charge is 0.269 e. The molecule has 0 spiro atoms. The highest BCUT2D eigenvalue weighted by atomic mass is 16.6. The lowest BCUT2D eigenvalue weighted by atomic mass is 10.1. The second-order valence-corrected chi connectivity index (χ2v) is 3.77. The minimum absolute atomic E-state index is 0.0804. The van der Waals surface area contributed by atoms with Crippen molar-refractivity contribution in [1.29, 1.82) is 0 Å². The maximum atomic E-state index is 10.5. The summed E-state index contributed by atoms with van der Waals surface area (Å²) in [5.41, 5.74) is 1.91. The molecule has 0 aromatic heterocycles. The third-order valence-electron chi connectivity index (χ3n) is 2.47. The number of non-ortho nitro benzene ring substituents is 1. The Bertz CT molecular complexity index is 571. The minimum Gasteiger partial charge on any atom is -0.508 e. The van der Waals surface area contributed by atoms with E-state index >= 15 is 0 Å². The molecular formula is C14H11NO3. The van der Waals surface area contributed by atoms with Gasteiger partial charge in [-0.15, -0.1) is 0 Å². The van der Waals surface area contributed by atoms with Crippen molar-refractivity contribution in [2.75, 3.05) is 0 Å². The van der Waals surface area contributed by atoms with E-state index in [9.17, 15) is 10.1 Å². The van der Waals surface area contributed by atoms with Crippen molar-refractivity contribution >= 4 is 17.8 Å². The molecule has 0 saturated heterocycles. The first-order valence-corrected chi connectivity index (χ1v) is 5.37. The van der Waals surface area contributed by atoms with Gasteiger partial charge in [0.25, 0.3) is 5.69 Å². The van der Waals surface area contributed by atoms with Gasteiger partial charge in [-0.3, -0.25) is 10.1 Å². The predicted molar refractivity (Wildman–Crippen MR) is 70.1 cm³/mol. The number of benzene rings is 2. The fourth-order valence-electron chi connectivity index (χ4n) is 1.49. The molecule has 0 saturated carbocycles. The quantitative estimate of drug-likeness (QED) is 0.508. The third kappa shape index (κ3) is 2.95. The molecule has 0 radical (unpaired) electrons. The Hall–Kier alpha value is -2.62. The van der Waals surface area contributed by atoms with Crippen LogP contribution in [0.3, 0.4) is 0 Å². The standard InChI is InChI=1S/C14H11NO3/c16-14-9-5-12(6-10-14)2-1-11-3-7-13(8-4-11)15(17)18/h1-10,16H/b2-1+. The van der Waals surface area contributed by atoms with E-state index in [-0.39, 0.29) is 11.4 Å². The van der Waals surface area contributed by atoms with Crippen molar-refractivity contribution in [3.63, 3.8) is 0 Å². The highest BCUT2D eigenvalue weighted by Gasteiger charge is 2.01. The lowest BCUT2D eigenvalue weighted by Crippen LogP contribution is -1.86. The van der Waals surface area contributed by atoms with E-state index in [0.29, 0.717) is 0 Å². The third-order valence-corrected chi connectivity index (χ3v) is 2.47. The van der Waals surface area contributed by atoms with Gasteiger partial charge in [-0.05, 0) is 35.4 Å². The zero-order chi connectivity index (χ0) is 13.0. The molecule has 0 amide bonds. The maximum Gasteiger partial charge on any atom is 0.269 e. The van der Waals surface area contributed by atoms with Crippen molar-refractivity contribution in [1.82, 2.24) is 0 Å². The number of phenolic OH excluding ortho intramolecular Hbond substituents is 1. The Morgan fingerprint density at radius 1 is 0.889 bits per heavy atom. The van der Waals surface area contributed by atoms with Crippen LogP contribution >= 0.6 is 0 Å². The van der Waals surface area contributed by atoms with Gasteiger partial charge in [0.15, 0.2) is 0 Å². The highest BCUT2D eigenvalue weighted by molar-refractivity contribution is 5.70. The van der Waals surface area contributed by atoms with Crippen molar-refractivity contribution in [3.8, 4) is 5.75 Å². The van der Waals surface area contributed by atoms with Crippen molar-refractivity contribution in [2.45, 2.75) is 0 Å². The number of nitro groups is 1. The van der Waals surface area contributed by atoms with E-state index in [0.717, 1.165) is 11.1 Å². The average Bonchev–Trinajstić information content (AvgIpc) is 2.38. The summed E-state index contributed by atoms with van der Waals surface area (Å²) in [6.45, 7) is 0. The van der Waals surface area contributed by atoms with Crippen LogP contribution in [0.2, 0.25) is 0 Å². The van der Waals surface area contributed by atoms with E-state index in [4.69, 9.17) is 5.11 Å². The van der Waals surface area contributed by atoms with E-state index < -0.39 is 4.92 Å². The molecule has 2 rings (SSSR count). The second kappa shape index (κ2) is 5.14. The van der Waals surface area contributed by atoms with Gasteiger partial charge in [0, 0.05) is 12.1 Å². The van der Waals surface area contributed by atoms with Gasteiger partial charge in [0.2, 0.25) is 0 Å². The summed E-state index contributed by atoms with van der Waals surface area (Å²) in [5.74, 6) is 0.225. The van der Waals surface area contributed by atoms with E-state index in [1.165, 1.54) is 12.1 Å². The molecule has 1 N–H and O–H groups in total. The zero-order valence-electron chi connectivity index (χ0n) is 9.48.